The lowest BCUT2D eigenvalue weighted by molar-refractivity contribution is -0.142. The molecular weight excluding hydrogens is 506 g/mol. The van der Waals surface area contributed by atoms with Gasteiger partial charge in [0.25, 0.3) is 0 Å². The second-order valence-electron chi connectivity index (χ2n) is 9.63. The third-order valence-electron chi connectivity index (χ3n) is 6.55. The molecule has 10 heteroatoms. The SMILES string of the molecule is CC(=N)CCCCCCOc1ccc(CC(NC(=O)[C@@H]2CCCN2S(=O)(=O)c2ccccc2)C(=O)O)cc1. The van der Waals surface area contributed by atoms with Crippen LogP contribution in [0.2, 0.25) is 0 Å². The van der Waals surface area contributed by atoms with Crippen molar-refractivity contribution < 1.29 is 27.9 Å². The van der Waals surface area contributed by atoms with Crippen molar-refractivity contribution in [3.05, 3.63) is 60.2 Å². The molecule has 3 N–H and O–H groups in total. The summed E-state index contributed by atoms with van der Waals surface area (Å²) in [6, 6.07) is 12.9. The Labute approximate surface area is 224 Å². The lowest BCUT2D eigenvalue weighted by Gasteiger charge is -2.25. The lowest BCUT2D eigenvalue weighted by atomic mass is 10.1. The van der Waals surface area contributed by atoms with Gasteiger partial charge in [0.05, 0.1) is 11.5 Å². The van der Waals surface area contributed by atoms with Crippen molar-refractivity contribution in [2.24, 2.45) is 0 Å². The number of hydrogen-bond acceptors (Lipinski definition) is 6. The highest BCUT2D eigenvalue weighted by Crippen LogP contribution is 2.26. The molecule has 1 aliphatic rings. The van der Waals surface area contributed by atoms with Crippen LogP contribution in [0.3, 0.4) is 0 Å². The summed E-state index contributed by atoms with van der Waals surface area (Å²) in [5, 5.41) is 19.7. The highest BCUT2D eigenvalue weighted by Gasteiger charge is 2.40. The fourth-order valence-electron chi connectivity index (χ4n) is 4.48. The van der Waals surface area contributed by atoms with Crippen LogP contribution in [0, 0.1) is 5.41 Å². The van der Waals surface area contributed by atoms with E-state index >= 15 is 0 Å². The van der Waals surface area contributed by atoms with Crippen molar-refractivity contribution in [1.29, 1.82) is 5.41 Å². The Bertz CT molecular complexity index is 1180. The van der Waals surface area contributed by atoms with Gasteiger partial charge in [-0.2, -0.15) is 4.31 Å². The van der Waals surface area contributed by atoms with Gasteiger partial charge in [0.15, 0.2) is 0 Å². The molecule has 0 spiro atoms. The highest BCUT2D eigenvalue weighted by molar-refractivity contribution is 7.89. The molecule has 2 atom stereocenters. The predicted octanol–water partition coefficient (Wildman–Crippen LogP) is 4.02. The van der Waals surface area contributed by atoms with Crippen molar-refractivity contribution in [2.75, 3.05) is 13.2 Å². The molecule has 0 aromatic heterocycles. The van der Waals surface area contributed by atoms with Crippen LogP contribution in [-0.4, -0.2) is 60.7 Å². The molecule has 2 aromatic rings. The van der Waals surface area contributed by atoms with Gasteiger partial charge in [-0.3, -0.25) is 4.79 Å². The van der Waals surface area contributed by atoms with Gasteiger partial charge in [-0.25, -0.2) is 13.2 Å². The van der Waals surface area contributed by atoms with Gasteiger partial charge >= 0.3 is 5.97 Å². The maximum atomic E-state index is 13.1. The Hall–Kier alpha value is -3.24. The van der Waals surface area contributed by atoms with Crippen molar-refractivity contribution in [3.8, 4) is 5.75 Å². The Balaban J connectivity index is 1.52. The summed E-state index contributed by atoms with van der Waals surface area (Å²) < 4.78 is 33.1. The van der Waals surface area contributed by atoms with Crippen LogP contribution in [0.1, 0.15) is 57.4 Å². The quantitative estimate of drug-likeness (QED) is 0.229. The van der Waals surface area contributed by atoms with Gasteiger partial charge in [-0.1, -0.05) is 43.2 Å². The first-order valence-electron chi connectivity index (χ1n) is 13.0. The zero-order chi connectivity index (χ0) is 27.5. The Morgan fingerprint density at radius 2 is 1.76 bits per heavy atom. The molecule has 0 bridgehead atoms. The minimum Gasteiger partial charge on any atom is -0.494 e. The average Bonchev–Trinajstić information content (AvgIpc) is 3.40. The molecule has 1 amide bonds. The van der Waals surface area contributed by atoms with Crippen LogP contribution in [0.4, 0.5) is 0 Å². The topological polar surface area (TPSA) is 137 Å². The molecule has 0 aliphatic carbocycles. The average molecular weight is 544 g/mol. The van der Waals surface area contributed by atoms with Crippen LogP contribution in [0.5, 0.6) is 5.75 Å². The molecule has 1 saturated heterocycles. The summed E-state index contributed by atoms with van der Waals surface area (Å²) >= 11 is 0. The van der Waals surface area contributed by atoms with Gasteiger partial charge in [-0.05, 0) is 68.9 Å². The molecule has 1 heterocycles. The van der Waals surface area contributed by atoms with E-state index < -0.39 is 34.0 Å². The molecule has 9 nitrogen and oxygen atoms in total. The van der Waals surface area contributed by atoms with E-state index in [2.05, 4.69) is 5.32 Å². The summed E-state index contributed by atoms with van der Waals surface area (Å²) in [6.45, 7) is 2.61. The third kappa shape index (κ3) is 8.39. The zero-order valence-electron chi connectivity index (χ0n) is 21.8. The van der Waals surface area contributed by atoms with Gasteiger partial charge < -0.3 is 20.6 Å². The number of ether oxygens (including phenoxy) is 1. The van der Waals surface area contributed by atoms with E-state index in [1.54, 1.807) is 42.5 Å². The number of nitrogens with one attached hydrogen (secondary N) is 2. The number of amides is 1. The summed E-state index contributed by atoms with van der Waals surface area (Å²) in [4.78, 5) is 25.1. The maximum Gasteiger partial charge on any atom is 0.326 e. The summed E-state index contributed by atoms with van der Waals surface area (Å²) in [7, 11) is -3.87. The molecule has 0 saturated carbocycles. The first kappa shape index (κ1) is 29.3. The van der Waals surface area contributed by atoms with Gasteiger partial charge in [0, 0.05) is 18.7 Å². The second-order valence-corrected chi connectivity index (χ2v) is 11.5. The van der Waals surface area contributed by atoms with E-state index in [1.807, 2.05) is 6.92 Å². The molecule has 206 valence electrons. The van der Waals surface area contributed by atoms with Gasteiger partial charge in [0.2, 0.25) is 15.9 Å². The molecule has 38 heavy (non-hydrogen) atoms. The van der Waals surface area contributed by atoms with Gasteiger partial charge in [-0.15, -0.1) is 0 Å². The number of unbranched alkanes of at least 4 members (excludes halogenated alkanes) is 3. The number of nitrogens with zero attached hydrogens (tertiary/aromatic N) is 1. The lowest BCUT2D eigenvalue weighted by Crippen LogP contribution is -2.51. The normalized spacial score (nSPS) is 16.6. The fourth-order valence-corrected chi connectivity index (χ4v) is 6.16. The number of carboxylic acids is 1. The number of sulfonamides is 1. The standard InChI is InChI=1S/C28H37N3O6S/c1-21(29)10-5-2-3-8-19-37-23-16-14-22(15-17-23)20-25(28(33)34)30-27(32)26-13-9-18-31(26)38(35,36)24-11-6-4-7-12-24/h4,6-7,11-12,14-17,25-26,29H,2-3,5,8-10,13,18-20H2,1H3,(H,30,32)(H,33,34)/t25?,26-/m0/s1. The van der Waals surface area contributed by atoms with Crippen LogP contribution >= 0.6 is 0 Å². The third-order valence-corrected chi connectivity index (χ3v) is 8.47. The van der Waals surface area contributed by atoms with Crippen molar-refractivity contribution >= 4 is 27.6 Å². The zero-order valence-corrected chi connectivity index (χ0v) is 22.6. The van der Waals surface area contributed by atoms with E-state index in [4.69, 9.17) is 10.1 Å². The molecule has 1 aliphatic heterocycles. The highest BCUT2D eigenvalue weighted by atomic mass is 32.2. The van der Waals surface area contributed by atoms with Crippen LogP contribution < -0.4 is 10.1 Å². The summed E-state index contributed by atoms with van der Waals surface area (Å²) in [5.41, 5.74) is 1.43. The Morgan fingerprint density at radius 1 is 1.08 bits per heavy atom. The first-order chi connectivity index (χ1) is 18.2. The number of rotatable bonds is 15. The molecule has 1 fully saturated rings. The van der Waals surface area contributed by atoms with Gasteiger partial charge in [0.1, 0.15) is 17.8 Å². The summed E-state index contributed by atoms with van der Waals surface area (Å²) in [6.07, 6.45) is 5.80. The largest absolute Gasteiger partial charge is 0.494 e. The van der Waals surface area contributed by atoms with Crippen molar-refractivity contribution in [2.45, 2.75) is 75.3 Å². The van der Waals surface area contributed by atoms with E-state index in [1.165, 1.54) is 12.1 Å². The second kappa shape index (κ2) is 14.1. The Kier molecular flexibility index (Phi) is 10.8. The number of carboxylic acid groups (broad SMARTS) is 1. The molecule has 1 unspecified atom stereocenters. The monoisotopic (exact) mass is 543 g/mol. The number of aliphatic carboxylic acids is 1. The van der Waals surface area contributed by atoms with E-state index in [0.29, 0.717) is 36.5 Å². The molecule has 3 rings (SSSR count). The summed E-state index contributed by atoms with van der Waals surface area (Å²) in [5.74, 6) is -1.11. The molecule has 0 radical (unpaired) electrons. The van der Waals surface area contributed by atoms with E-state index in [0.717, 1.165) is 36.4 Å². The fraction of sp³-hybridized carbons (Fsp3) is 0.464. The smallest absolute Gasteiger partial charge is 0.326 e. The minimum absolute atomic E-state index is 0.0615. The van der Waals surface area contributed by atoms with E-state index in [9.17, 15) is 23.1 Å². The number of carbonyl (C=O) groups is 2. The van der Waals surface area contributed by atoms with Crippen LogP contribution in [0.25, 0.3) is 0 Å². The first-order valence-corrected chi connectivity index (χ1v) is 14.5. The number of carbonyl (C=O) groups excluding carboxylic acids is 1. The molecule has 2 aromatic carbocycles. The Morgan fingerprint density at radius 3 is 2.42 bits per heavy atom. The predicted molar refractivity (Wildman–Crippen MR) is 145 cm³/mol. The maximum absolute atomic E-state index is 13.1. The van der Waals surface area contributed by atoms with Crippen LogP contribution in [-0.2, 0) is 26.0 Å². The molecular formula is C28H37N3O6S. The minimum atomic E-state index is -3.87. The van der Waals surface area contributed by atoms with Crippen LogP contribution in [0.15, 0.2) is 59.5 Å². The number of benzene rings is 2. The van der Waals surface area contributed by atoms with Crippen molar-refractivity contribution in [1.82, 2.24) is 9.62 Å². The number of hydrogen-bond donors (Lipinski definition) is 3. The van der Waals surface area contributed by atoms with E-state index in [-0.39, 0.29) is 17.9 Å². The van der Waals surface area contributed by atoms with Crippen molar-refractivity contribution in [3.63, 3.8) is 0 Å².